The number of ether oxygens (including phenoxy) is 3. The molecule has 0 radical (unpaired) electrons. The molecule has 25 heavy (non-hydrogen) atoms. The zero-order valence-electron chi connectivity index (χ0n) is 13.5. The van der Waals surface area contributed by atoms with Crippen molar-refractivity contribution in [1.82, 2.24) is 20.5 Å². The van der Waals surface area contributed by atoms with Gasteiger partial charge in [0, 0.05) is 13.2 Å². The molecule has 1 amide bonds. The molecule has 1 aromatic heterocycles. The smallest absolute Gasteiger partial charge is 0.231 e. The summed E-state index contributed by atoms with van der Waals surface area (Å²) in [5, 5.41) is 10.5. The Labute approximate surface area is 148 Å². The van der Waals surface area contributed by atoms with Crippen LogP contribution in [0.5, 0.6) is 11.5 Å². The van der Waals surface area contributed by atoms with Crippen molar-refractivity contribution < 1.29 is 19.0 Å². The van der Waals surface area contributed by atoms with Crippen molar-refractivity contribution in [2.24, 2.45) is 0 Å². The molecule has 1 unspecified atom stereocenters. The van der Waals surface area contributed by atoms with Crippen molar-refractivity contribution >= 4 is 17.7 Å². The first-order valence-electron chi connectivity index (χ1n) is 8.10. The molecule has 0 spiro atoms. The summed E-state index contributed by atoms with van der Waals surface area (Å²) in [6.45, 7) is 1.44. The van der Waals surface area contributed by atoms with E-state index >= 15 is 0 Å². The first-order chi connectivity index (χ1) is 12.3. The quantitative estimate of drug-likeness (QED) is 0.756. The Morgan fingerprint density at radius 3 is 3.16 bits per heavy atom. The summed E-state index contributed by atoms with van der Waals surface area (Å²) >= 11 is 1.30. The molecule has 0 bridgehead atoms. The van der Waals surface area contributed by atoms with Crippen LogP contribution in [-0.2, 0) is 16.1 Å². The molecule has 1 atom stereocenters. The molecule has 0 aliphatic carbocycles. The van der Waals surface area contributed by atoms with Gasteiger partial charge < -0.3 is 19.5 Å². The number of H-pyrrole nitrogens is 1. The second-order valence-corrected chi connectivity index (χ2v) is 6.70. The minimum atomic E-state index is -0.0777. The Balaban J connectivity index is 1.24. The fourth-order valence-electron chi connectivity index (χ4n) is 2.69. The van der Waals surface area contributed by atoms with E-state index in [1.165, 1.54) is 11.8 Å². The number of nitrogens with one attached hydrogen (secondary N) is 2. The van der Waals surface area contributed by atoms with Crippen molar-refractivity contribution in [2.45, 2.75) is 30.6 Å². The van der Waals surface area contributed by atoms with Gasteiger partial charge in [0.05, 0.1) is 5.75 Å². The van der Waals surface area contributed by atoms with Crippen LogP contribution >= 0.6 is 11.8 Å². The lowest BCUT2D eigenvalue weighted by molar-refractivity contribution is -0.118. The van der Waals surface area contributed by atoms with Crippen LogP contribution in [0.25, 0.3) is 0 Å². The molecular formula is C16H18N4O4S. The van der Waals surface area contributed by atoms with Crippen LogP contribution in [0.2, 0.25) is 0 Å². The van der Waals surface area contributed by atoms with Crippen LogP contribution in [0.4, 0.5) is 0 Å². The number of rotatable bonds is 6. The molecular weight excluding hydrogens is 344 g/mol. The minimum Gasteiger partial charge on any atom is -0.454 e. The van der Waals surface area contributed by atoms with Gasteiger partial charge in [-0.25, -0.2) is 4.98 Å². The van der Waals surface area contributed by atoms with E-state index < -0.39 is 0 Å². The summed E-state index contributed by atoms with van der Waals surface area (Å²) in [7, 11) is 0. The third kappa shape index (κ3) is 3.88. The predicted octanol–water partition coefficient (Wildman–Crippen LogP) is 1.79. The first kappa shape index (κ1) is 16.2. The summed E-state index contributed by atoms with van der Waals surface area (Å²) in [4.78, 5) is 16.4. The Hall–Kier alpha value is -2.26. The number of fused-ring (bicyclic) bond motifs is 1. The van der Waals surface area contributed by atoms with E-state index in [0.717, 1.165) is 36.6 Å². The SMILES string of the molecule is O=C(CSc1n[nH]c(C2CCCO2)n1)NCc1ccc2c(c1)OCO2. The summed E-state index contributed by atoms with van der Waals surface area (Å²) in [5.41, 5.74) is 0.959. The highest BCUT2D eigenvalue weighted by molar-refractivity contribution is 7.99. The second-order valence-electron chi connectivity index (χ2n) is 5.76. The molecule has 1 saturated heterocycles. The highest BCUT2D eigenvalue weighted by atomic mass is 32.2. The van der Waals surface area contributed by atoms with Gasteiger partial charge in [-0.1, -0.05) is 17.8 Å². The van der Waals surface area contributed by atoms with Gasteiger partial charge in [0.25, 0.3) is 0 Å². The highest BCUT2D eigenvalue weighted by Crippen LogP contribution is 2.32. The number of hydrogen-bond acceptors (Lipinski definition) is 7. The number of hydrogen-bond donors (Lipinski definition) is 2. The number of aromatic nitrogens is 3. The molecule has 8 nitrogen and oxygen atoms in total. The maximum atomic E-state index is 12.0. The Morgan fingerprint density at radius 1 is 1.36 bits per heavy atom. The summed E-state index contributed by atoms with van der Waals surface area (Å²) < 4.78 is 16.1. The van der Waals surface area contributed by atoms with Gasteiger partial charge >= 0.3 is 0 Å². The van der Waals surface area contributed by atoms with Gasteiger partial charge in [-0.2, -0.15) is 0 Å². The second kappa shape index (κ2) is 7.32. The van der Waals surface area contributed by atoms with Crippen LogP contribution in [0.1, 0.15) is 30.3 Å². The fourth-order valence-corrected chi connectivity index (χ4v) is 3.33. The van der Waals surface area contributed by atoms with Gasteiger partial charge in [-0.15, -0.1) is 5.10 Å². The monoisotopic (exact) mass is 362 g/mol. The number of benzene rings is 1. The zero-order valence-corrected chi connectivity index (χ0v) is 14.3. The lowest BCUT2D eigenvalue weighted by Crippen LogP contribution is -2.24. The van der Waals surface area contributed by atoms with Crippen molar-refractivity contribution in [3.8, 4) is 11.5 Å². The zero-order chi connectivity index (χ0) is 17.1. The van der Waals surface area contributed by atoms with E-state index in [1.807, 2.05) is 18.2 Å². The molecule has 2 N–H and O–H groups in total. The van der Waals surface area contributed by atoms with E-state index in [0.29, 0.717) is 17.5 Å². The molecule has 132 valence electrons. The standard InChI is InChI=1S/C16H18N4O4S/c21-14(17-7-10-3-4-11-13(6-10)24-9-23-11)8-25-16-18-15(19-20-16)12-2-1-5-22-12/h3-4,6,12H,1-2,5,7-9H2,(H,17,21)(H,18,19,20). The first-order valence-corrected chi connectivity index (χ1v) is 9.08. The molecule has 3 heterocycles. The number of carbonyl (C=O) groups excluding carboxylic acids is 1. The fraction of sp³-hybridized carbons (Fsp3) is 0.438. The number of carbonyl (C=O) groups is 1. The minimum absolute atomic E-state index is 0.00156. The largest absolute Gasteiger partial charge is 0.454 e. The third-order valence-corrected chi connectivity index (χ3v) is 4.82. The van der Waals surface area contributed by atoms with Crippen LogP contribution < -0.4 is 14.8 Å². The molecule has 9 heteroatoms. The molecule has 1 fully saturated rings. The van der Waals surface area contributed by atoms with Crippen LogP contribution in [0, 0.1) is 0 Å². The van der Waals surface area contributed by atoms with E-state index in [-0.39, 0.29) is 24.6 Å². The maximum Gasteiger partial charge on any atom is 0.231 e. The molecule has 1 aromatic carbocycles. The summed E-state index contributed by atoms with van der Waals surface area (Å²) in [6.07, 6.45) is 1.99. The lowest BCUT2D eigenvalue weighted by atomic mass is 10.2. The average Bonchev–Trinajstić information content (AvgIpc) is 3.38. The van der Waals surface area contributed by atoms with Gasteiger partial charge in [0.15, 0.2) is 17.3 Å². The molecule has 0 saturated carbocycles. The topological polar surface area (TPSA) is 98.4 Å². The number of aromatic amines is 1. The molecule has 2 aliphatic heterocycles. The van der Waals surface area contributed by atoms with Gasteiger partial charge in [0.1, 0.15) is 6.10 Å². The summed E-state index contributed by atoms with van der Waals surface area (Å²) in [6, 6.07) is 5.63. The van der Waals surface area contributed by atoms with Crippen molar-refractivity contribution in [2.75, 3.05) is 19.2 Å². The Morgan fingerprint density at radius 2 is 2.28 bits per heavy atom. The van der Waals surface area contributed by atoms with E-state index in [1.54, 1.807) is 0 Å². The van der Waals surface area contributed by atoms with Crippen molar-refractivity contribution in [3.05, 3.63) is 29.6 Å². The van der Waals surface area contributed by atoms with Crippen molar-refractivity contribution in [3.63, 3.8) is 0 Å². The van der Waals surface area contributed by atoms with Crippen molar-refractivity contribution in [1.29, 1.82) is 0 Å². The Kier molecular flexibility index (Phi) is 4.75. The molecule has 4 rings (SSSR count). The van der Waals surface area contributed by atoms with E-state index in [4.69, 9.17) is 14.2 Å². The number of amides is 1. The highest BCUT2D eigenvalue weighted by Gasteiger charge is 2.21. The number of thioether (sulfide) groups is 1. The third-order valence-electron chi connectivity index (χ3n) is 3.98. The van der Waals surface area contributed by atoms with E-state index in [2.05, 4.69) is 20.5 Å². The maximum absolute atomic E-state index is 12.0. The summed E-state index contributed by atoms with van der Waals surface area (Å²) in [5.74, 6) is 2.36. The van der Waals surface area contributed by atoms with Crippen LogP contribution in [0.15, 0.2) is 23.4 Å². The Bertz CT molecular complexity index is 760. The lowest BCUT2D eigenvalue weighted by Gasteiger charge is -2.05. The number of nitrogens with zero attached hydrogens (tertiary/aromatic N) is 2. The molecule has 2 aliphatic rings. The van der Waals surface area contributed by atoms with Gasteiger partial charge in [-0.05, 0) is 30.5 Å². The molecule has 2 aromatic rings. The van der Waals surface area contributed by atoms with Gasteiger partial charge in [0.2, 0.25) is 17.9 Å². The van der Waals surface area contributed by atoms with Crippen LogP contribution in [0.3, 0.4) is 0 Å². The predicted molar refractivity (Wildman–Crippen MR) is 89.4 cm³/mol. The van der Waals surface area contributed by atoms with Gasteiger partial charge in [-0.3, -0.25) is 9.89 Å². The van der Waals surface area contributed by atoms with E-state index in [9.17, 15) is 4.79 Å². The average molecular weight is 362 g/mol. The normalized spacial score (nSPS) is 18.5. The van der Waals surface area contributed by atoms with Crippen LogP contribution in [-0.4, -0.2) is 40.2 Å².